The third-order valence-corrected chi connectivity index (χ3v) is 6.56. The highest BCUT2D eigenvalue weighted by Gasteiger charge is 2.20. The lowest BCUT2D eigenvalue weighted by Gasteiger charge is -2.15. The van der Waals surface area contributed by atoms with Crippen LogP contribution in [0, 0.1) is 0 Å². The van der Waals surface area contributed by atoms with E-state index >= 15 is 0 Å². The number of hydrogen-bond acceptors (Lipinski definition) is 8. The van der Waals surface area contributed by atoms with Crippen molar-refractivity contribution in [2.24, 2.45) is 0 Å². The molecule has 4 aromatic rings. The Balaban J connectivity index is 1.69. The molecule has 4 rings (SSSR count). The molecule has 0 bridgehead atoms. The maximum atomic E-state index is 13.3. The van der Waals surface area contributed by atoms with Crippen LogP contribution in [0.15, 0.2) is 71.6 Å². The lowest BCUT2D eigenvalue weighted by Crippen LogP contribution is -2.27. The van der Waals surface area contributed by atoms with Gasteiger partial charge in [-0.3, -0.25) is 9.52 Å². The summed E-state index contributed by atoms with van der Waals surface area (Å²) in [7, 11) is -0.624. The molecule has 0 aliphatic rings. The first-order valence-corrected chi connectivity index (χ1v) is 12.6. The standard InChI is InChI=1S/C24H23ClN6O4S/c1-31(2)14-22(33)26-15-6-5-7-17(12-15)36(34,35)30-24-23(27-19-8-3-4-9-20(19)28-24)29-21-13-16(32)10-11-18(21)25/h3-13,32H,14H2,1-2H3,(H,26,33)(H,27,29)(H,28,30). The predicted molar refractivity (Wildman–Crippen MR) is 140 cm³/mol. The number of hydrogen-bond donors (Lipinski definition) is 4. The number of rotatable bonds is 8. The third kappa shape index (κ3) is 6.00. The maximum absolute atomic E-state index is 13.3. The minimum absolute atomic E-state index is 0.0362. The van der Waals surface area contributed by atoms with Gasteiger partial charge in [-0.1, -0.05) is 29.8 Å². The average Bonchev–Trinajstić information content (AvgIpc) is 2.81. The lowest BCUT2D eigenvalue weighted by molar-refractivity contribution is -0.116. The number of carbonyl (C=O) groups excluding carboxylic acids is 1. The number of sulfonamides is 1. The minimum atomic E-state index is -4.13. The highest BCUT2D eigenvalue weighted by molar-refractivity contribution is 7.92. The number of aromatic nitrogens is 2. The second-order valence-corrected chi connectivity index (χ2v) is 10.2. The number of phenols is 1. The molecule has 36 heavy (non-hydrogen) atoms. The molecule has 0 spiro atoms. The molecule has 1 amide bonds. The first-order chi connectivity index (χ1) is 17.1. The molecule has 3 aromatic carbocycles. The molecular weight excluding hydrogens is 504 g/mol. The van der Waals surface area contributed by atoms with Crippen molar-refractivity contribution in [3.05, 3.63) is 71.8 Å². The highest BCUT2D eigenvalue weighted by atomic mass is 35.5. The van der Waals surface area contributed by atoms with Gasteiger partial charge in [0.2, 0.25) is 5.91 Å². The molecule has 10 nitrogen and oxygen atoms in total. The minimum Gasteiger partial charge on any atom is -0.508 e. The molecule has 0 atom stereocenters. The van der Waals surface area contributed by atoms with E-state index in [0.29, 0.717) is 22.4 Å². The van der Waals surface area contributed by atoms with E-state index in [9.17, 15) is 18.3 Å². The van der Waals surface area contributed by atoms with Crippen LogP contribution >= 0.6 is 11.6 Å². The number of aromatic hydroxyl groups is 1. The summed E-state index contributed by atoms with van der Waals surface area (Å²) in [4.78, 5) is 22.7. The molecule has 4 N–H and O–H groups in total. The summed E-state index contributed by atoms with van der Waals surface area (Å²) in [5.41, 5.74) is 1.63. The summed E-state index contributed by atoms with van der Waals surface area (Å²) in [5.74, 6) is -0.307. The van der Waals surface area contributed by atoms with Gasteiger partial charge in [-0.05, 0) is 56.6 Å². The molecular formula is C24H23ClN6O4S. The smallest absolute Gasteiger partial charge is 0.263 e. The van der Waals surface area contributed by atoms with E-state index < -0.39 is 10.0 Å². The molecule has 0 aliphatic carbocycles. The van der Waals surface area contributed by atoms with Crippen LogP contribution in [0.2, 0.25) is 5.02 Å². The number of amides is 1. The van der Waals surface area contributed by atoms with E-state index in [1.807, 2.05) is 0 Å². The summed E-state index contributed by atoms with van der Waals surface area (Å²) >= 11 is 6.24. The Hall–Kier alpha value is -3.93. The summed E-state index contributed by atoms with van der Waals surface area (Å²) in [6, 6.07) is 17.1. The van der Waals surface area contributed by atoms with Crippen molar-refractivity contribution in [3.63, 3.8) is 0 Å². The first-order valence-electron chi connectivity index (χ1n) is 10.7. The molecule has 1 heterocycles. The van der Waals surface area contributed by atoms with Gasteiger partial charge in [0.15, 0.2) is 11.6 Å². The Labute approximate surface area is 213 Å². The van der Waals surface area contributed by atoms with Crippen LogP contribution in [0.5, 0.6) is 5.75 Å². The number of fused-ring (bicyclic) bond motifs is 1. The van der Waals surface area contributed by atoms with Crippen LogP contribution < -0.4 is 15.4 Å². The summed E-state index contributed by atoms with van der Waals surface area (Å²) in [6.07, 6.45) is 0. The molecule has 12 heteroatoms. The fourth-order valence-corrected chi connectivity index (χ4v) is 4.53. The number of nitrogens with one attached hydrogen (secondary N) is 3. The van der Waals surface area contributed by atoms with Gasteiger partial charge in [-0.15, -0.1) is 0 Å². The third-order valence-electron chi connectivity index (χ3n) is 4.89. The number of carbonyl (C=O) groups is 1. The predicted octanol–water partition coefficient (Wildman–Crippen LogP) is 4.03. The van der Waals surface area contributed by atoms with Crippen LogP contribution in [-0.2, 0) is 14.8 Å². The van der Waals surface area contributed by atoms with Gasteiger partial charge in [0.05, 0.1) is 33.2 Å². The zero-order chi connectivity index (χ0) is 25.9. The van der Waals surface area contributed by atoms with Crippen LogP contribution in [0.25, 0.3) is 11.0 Å². The van der Waals surface area contributed by atoms with E-state index in [1.54, 1.807) is 49.3 Å². The van der Waals surface area contributed by atoms with Crippen molar-refractivity contribution >= 4 is 61.6 Å². The molecule has 0 saturated heterocycles. The van der Waals surface area contributed by atoms with Crippen LogP contribution in [0.3, 0.4) is 0 Å². The largest absolute Gasteiger partial charge is 0.508 e. The van der Waals surface area contributed by atoms with E-state index in [2.05, 4.69) is 25.3 Å². The van der Waals surface area contributed by atoms with Crippen molar-refractivity contribution in [1.29, 1.82) is 0 Å². The monoisotopic (exact) mass is 526 g/mol. The number of anilines is 4. The van der Waals surface area contributed by atoms with E-state index in [4.69, 9.17) is 11.6 Å². The molecule has 0 aliphatic heterocycles. The Bertz CT molecular complexity index is 1550. The topological polar surface area (TPSA) is 137 Å². The van der Waals surface area contributed by atoms with Gasteiger partial charge >= 0.3 is 0 Å². The fraction of sp³-hybridized carbons (Fsp3) is 0.125. The van der Waals surface area contributed by atoms with Gasteiger partial charge in [0.1, 0.15) is 5.75 Å². The van der Waals surface area contributed by atoms with Gasteiger partial charge in [0.25, 0.3) is 10.0 Å². The number of phenolic OH excluding ortho intramolecular Hbond substituents is 1. The quantitative estimate of drug-likeness (QED) is 0.270. The van der Waals surface area contributed by atoms with Crippen LogP contribution in [0.4, 0.5) is 23.0 Å². The molecule has 0 saturated carbocycles. The van der Waals surface area contributed by atoms with Crippen molar-refractivity contribution in [2.45, 2.75) is 4.90 Å². The SMILES string of the molecule is CN(C)CC(=O)Nc1cccc(S(=O)(=O)Nc2nc3ccccc3nc2Nc2cc(O)ccc2Cl)c1. The van der Waals surface area contributed by atoms with Crippen molar-refractivity contribution < 1.29 is 18.3 Å². The Morgan fingerprint density at radius 3 is 2.36 bits per heavy atom. The van der Waals surface area contributed by atoms with E-state index in [0.717, 1.165) is 0 Å². The number of benzene rings is 3. The van der Waals surface area contributed by atoms with E-state index in [1.165, 1.54) is 36.4 Å². The molecule has 0 fully saturated rings. The number of nitrogens with zero attached hydrogens (tertiary/aromatic N) is 3. The maximum Gasteiger partial charge on any atom is 0.263 e. The van der Waals surface area contributed by atoms with Gasteiger partial charge in [-0.25, -0.2) is 18.4 Å². The van der Waals surface area contributed by atoms with Gasteiger partial charge in [0, 0.05) is 11.8 Å². The normalized spacial score (nSPS) is 11.4. The van der Waals surface area contributed by atoms with Crippen molar-refractivity contribution in [2.75, 3.05) is 36.0 Å². The second kappa shape index (κ2) is 10.4. The molecule has 186 valence electrons. The Morgan fingerprint density at radius 1 is 0.972 bits per heavy atom. The van der Waals surface area contributed by atoms with Crippen molar-refractivity contribution in [1.82, 2.24) is 14.9 Å². The number of likely N-dealkylation sites (N-methyl/N-ethyl adjacent to an activating group) is 1. The summed E-state index contributed by atoms with van der Waals surface area (Å²) < 4.78 is 29.0. The Kier molecular flexibility index (Phi) is 7.25. The lowest BCUT2D eigenvalue weighted by atomic mass is 10.3. The fourth-order valence-electron chi connectivity index (χ4n) is 3.31. The zero-order valence-electron chi connectivity index (χ0n) is 19.4. The first kappa shape index (κ1) is 25.2. The van der Waals surface area contributed by atoms with Crippen LogP contribution in [-0.4, -0.2) is 54.9 Å². The zero-order valence-corrected chi connectivity index (χ0v) is 20.9. The van der Waals surface area contributed by atoms with Crippen molar-refractivity contribution in [3.8, 4) is 5.75 Å². The van der Waals surface area contributed by atoms with Crippen LogP contribution in [0.1, 0.15) is 0 Å². The molecule has 0 unspecified atom stereocenters. The van der Waals surface area contributed by atoms with Gasteiger partial charge < -0.3 is 20.6 Å². The average molecular weight is 527 g/mol. The number of para-hydroxylation sites is 2. The number of halogens is 1. The second-order valence-electron chi connectivity index (χ2n) is 8.12. The highest BCUT2D eigenvalue weighted by Crippen LogP contribution is 2.32. The van der Waals surface area contributed by atoms with E-state index in [-0.39, 0.29) is 39.8 Å². The summed E-state index contributed by atoms with van der Waals surface area (Å²) in [5, 5.41) is 15.8. The van der Waals surface area contributed by atoms with Gasteiger partial charge in [-0.2, -0.15) is 0 Å². The molecule has 1 aromatic heterocycles. The Morgan fingerprint density at radius 2 is 1.67 bits per heavy atom. The summed E-state index contributed by atoms with van der Waals surface area (Å²) in [6.45, 7) is 0.147. The molecule has 0 radical (unpaired) electrons.